The molecule has 0 radical (unpaired) electrons. The van der Waals surface area contributed by atoms with Gasteiger partial charge in [0.05, 0.1) is 5.56 Å². The second kappa shape index (κ2) is 5.42. The largest absolute Gasteiger partial charge is 0.478 e. The summed E-state index contributed by atoms with van der Waals surface area (Å²) in [7, 11) is 0. The first-order valence-electron chi connectivity index (χ1n) is 4.27. The Morgan fingerprint density at radius 2 is 2.27 bits per heavy atom. The molecule has 0 aromatic heterocycles. The molecule has 1 N–H and O–H groups in total. The summed E-state index contributed by atoms with van der Waals surface area (Å²) in [6.07, 6.45) is 0.616. The van der Waals surface area contributed by atoms with Gasteiger partial charge in [0.2, 0.25) is 0 Å². The maximum absolute atomic E-state index is 13.1. The van der Waals surface area contributed by atoms with E-state index in [2.05, 4.69) is 24.5 Å². The van der Waals surface area contributed by atoms with Gasteiger partial charge in [-0.1, -0.05) is 11.8 Å². The molecular weight excluding hydrogens is 215 g/mol. The summed E-state index contributed by atoms with van der Waals surface area (Å²) in [5.41, 5.74) is 0.133. The van der Waals surface area contributed by atoms with Crippen LogP contribution in [0.2, 0.25) is 0 Å². The first-order chi connectivity index (χ1) is 7.15. The van der Waals surface area contributed by atoms with E-state index in [0.717, 1.165) is 6.07 Å². The molecule has 0 fully saturated rings. The molecule has 0 saturated heterocycles. The van der Waals surface area contributed by atoms with Crippen LogP contribution in [0, 0.1) is 17.7 Å². The average molecular weight is 224 g/mol. The Hall–Kier alpha value is -1.47. The summed E-state index contributed by atoms with van der Waals surface area (Å²) in [6.45, 7) is 0. The van der Waals surface area contributed by atoms with Crippen molar-refractivity contribution >= 4 is 18.6 Å². The second-order valence-electron chi connectivity index (χ2n) is 2.78. The van der Waals surface area contributed by atoms with E-state index in [1.54, 1.807) is 0 Å². The van der Waals surface area contributed by atoms with Crippen LogP contribution in [-0.4, -0.2) is 16.8 Å². The molecule has 4 heteroatoms. The van der Waals surface area contributed by atoms with Crippen LogP contribution in [0.15, 0.2) is 18.2 Å². The van der Waals surface area contributed by atoms with E-state index in [1.165, 1.54) is 12.1 Å². The summed E-state index contributed by atoms with van der Waals surface area (Å²) >= 11 is 3.98. The Balaban J connectivity index is 2.93. The van der Waals surface area contributed by atoms with E-state index in [-0.39, 0.29) is 5.56 Å². The van der Waals surface area contributed by atoms with Crippen molar-refractivity contribution in [1.29, 1.82) is 0 Å². The molecule has 0 amide bonds. The lowest BCUT2D eigenvalue weighted by Gasteiger charge is -1.97. The zero-order valence-corrected chi connectivity index (χ0v) is 8.72. The molecule has 0 aliphatic rings. The number of rotatable bonds is 2. The van der Waals surface area contributed by atoms with Crippen LogP contribution in [-0.2, 0) is 0 Å². The fourth-order valence-electron chi connectivity index (χ4n) is 0.987. The fourth-order valence-corrected chi connectivity index (χ4v) is 1.10. The van der Waals surface area contributed by atoms with Crippen LogP contribution in [0.4, 0.5) is 4.39 Å². The highest BCUT2D eigenvalue weighted by Crippen LogP contribution is 2.09. The van der Waals surface area contributed by atoms with Gasteiger partial charge < -0.3 is 5.11 Å². The lowest BCUT2D eigenvalue weighted by atomic mass is 10.1. The number of benzene rings is 1. The predicted molar refractivity (Wildman–Crippen MR) is 58.7 cm³/mol. The van der Waals surface area contributed by atoms with Gasteiger partial charge >= 0.3 is 5.97 Å². The van der Waals surface area contributed by atoms with E-state index < -0.39 is 11.8 Å². The van der Waals surface area contributed by atoms with Crippen molar-refractivity contribution in [1.82, 2.24) is 0 Å². The number of carboxylic acids is 1. The maximum atomic E-state index is 13.1. The Morgan fingerprint density at radius 1 is 1.53 bits per heavy atom. The lowest BCUT2D eigenvalue weighted by molar-refractivity contribution is 0.0692. The number of thiol groups is 1. The van der Waals surface area contributed by atoms with E-state index in [4.69, 9.17) is 5.11 Å². The number of carbonyl (C=O) groups is 1. The monoisotopic (exact) mass is 224 g/mol. The Kier molecular flexibility index (Phi) is 4.19. The Bertz CT molecular complexity index is 432. The molecule has 1 rings (SSSR count). The standard InChI is InChI=1S/C11H9FO2S/c12-10-7-8(3-1-2-6-15)4-5-9(10)11(13)14/h4-5,7,15H,2,6H2,(H,13,14). The SMILES string of the molecule is O=C(O)c1ccc(C#CCCS)cc1F. The van der Waals surface area contributed by atoms with Gasteiger partial charge in [-0.05, 0) is 18.2 Å². The highest BCUT2D eigenvalue weighted by Gasteiger charge is 2.09. The minimum absolute atomic E-state index is 0.338. The molecule has 0 atom stereocenters. The molecule has 0 saturated carbocycles. The van der Waals surface area contributed by atoms with Crippen LogP contribution in [0.5, 0.6) is 0 Å². The van der Waals surface area contributed by atoms with E-state index >= 15 is 0 Å². The van der Waals surface area contributed by atoms with Crippen molar-refractivity contribution in [3.05, 3.63) is 35.1 Å². The van der Waals surface area contributed by atoms with Gasteiger partial charge in [0.25, 0.3) is 0 Å². The van der Waals surface area contributed by atoms with Crippen molar-refractivity contribution in [2.45, 2.75) is 6.42 Å². The number of halogens is 1. The number of carboxylic acid groups (broad SMARTS) is 1. The first kappa shape index (κ1) is 11.6. The van der Waals surface area contributed by atoms with Crippen molar-refractivity contribution in [2.75, 3.05) is 5.75 Å². The third kappa shape index (κ3) is 3.30. The van der Waals surface area contributed by atoms with Crippen molar-refractivity contribution < 1.29 is 14.3 Å². The highest BCUT2D eigenvalue weighted by molar-refractivity contribution is 7.80. The minimum Gasteiger partial charge on any atom is -0.478 e. The number of hydrogen-bond donors (Lipinski definition) is 2. The second-order valence-corrected chi connectivity index (χ2v) is 3.22. The molecule has 1 aromatic carbocycles. The smallest absolute Gasteiger partial charge is 0.338 e. The lowest BCUT2D eigenvalue weighted by Crippen LogP contribution is -2.00. The van der Waals surface area contributed by atoms with Gasteiger partial charge in [0, 0.05) is 17.7 Å². The molecule has 0 spiro atoms. The van der Waals surface area contributed by atoms with Crippen LogP contribution in [0.3, 0.4) is 0 Å². The van der Waals surface area contributed by atoms with Crippen molar-refractivity contribution in [3.63, 3.8) is 0 Å². The third-order valence-electron chi connectivity index (χ3n) is 1.67. The van der Waals surface area contributed by atoms with Gasteiger partial charge in [-0.2, -0.15) is 12.6 Å². The van der Waals surface area contributed by atoms with E-state index in [9.17, 15) is 9.18 Å². The topological polar surface area (TPSA) is 37.3 Å². The van der Waals surface area contributed by atoms with Crippen LogP contribution in [0.1, 0.15) is 22.3 Å². The molecule has 78 valence electrons. The van der Waals surface area contributed by atoms with Crippen LogP contribution in [0.25, 0.3) is 0 Å². The molecule has 0 heterocycles. The maximum Gasteiger partial charge on any atom is 0.338 e. The normalized spacial score (nSPS) is 9.20. The van der Waals surface area contributed by atoms with Crippen LogP contribution < -0.4 is 0 Å². The van der Waals surface area contributed by atoms with Gasteiger partial charge in [-0.25, -0.2) is 9.18 Å². The molecule has 0 aliphatic carbocycles. The van der Waals surface area contributed by atoms with Crippen molar-refractivity contribution in [3.8, 4) is 11.8 Å². The van der Waals surface area contributed by atoms with Gasteiger partial charge in [0.1, 0.15) is 5.82 Å². The molecule has 0 unspecified atom stereocenters. The number of hydrogen-bond acceptors (Lipinski definition) is 2. The number of aromatic carboxylic acids is 1. The van der Waals surface area contributed by atoms with Gasteiger partial charge in [-0.15, -0.1) is 0 Å². The molecule has 15 heavy (non-hydrogen) atoms. The molecule has 2 nitrogen and oxygen atoms in total. The Morgan fingerprint density at radius 3 is 2.80 bits per heavy atom. The molecular formula is C11H9FO2S. The zero-order chi connectivity index (χ0) is 11.3. The average Bonchev–Trinajstić information content (AvgIpc) is 2.17. The summed E-state index contributed by atoms with van der Waals surface area (Å²) in [4.78, 5) is 10.5. The van der Waals surface area contributed by atoms with Crippen molar-refractivity contribution in [2.24, 2.45) is 0 Å². The van der Waals surface area contributed by atoms with E-state index in [0.29, 0.717) is 17.7 Å². The summed E-state index contributed by atoms with van der Waals surface area (Å²) in [5, 5.41) is 8.58. The van der Waals surface area contributed by atoms with Crippen LogP contribution >= 0.6 is 12.6 Å². The zero-order valence-electron chi connectivity index (χ0n) is 7.83. The summed E-state index contributed by atoms with van der Waals surface area (Å²) < 4.78 is 13.1. The third-order valence-corrected chi connectivity index (χ3v) is 1.89. The van der Waals surface area contributed by atoms with Gasteiger partial charge in [0.15, 0.2) is 0 Å². The Labute approximate surface area is 92.5 Å². The highest BCUT2D eigenvalue weighted by atomic mass is 32.1. The minimum atomic E-state index is -1.28. The molecule has 1 aromatic rings. The molecule has 0 bridgehead atoms. The van der Waals surface area contributed by atoms with Gasteiger partial charge in [-0.3, -0.25) is 0 Å². The quantitative estimate of drug-likeness (QED) is 0.597. The molecule has 0 aliphatic heterocycles. The van der Waals surface area contributed by atoms with E-state index in [1.807, 2.05) is 0 Å². The predicted octanol–water partition coefficient (Wildman–Crippen LogP) is 2.20. The first-order valence-corrected chi connectivity index (χ1v) is 4.91. The fraction of sp³-hybridized carbons (Fsp3) is 0.182. The summed E-state index contributed by atoms with van der Waals surface area (Å²) in [6, 6.07) is 3.81. The summed E-state index contributed by atoms with van der Waals surface area (Å²) in [5.74, 6) is 4.11.